The summed E-state index contributed by atoms with van der Waals surface area (Å²) in [5, 5.41) is 6.41. The predicted molar refractivity (Wildman–Crippen MR) is 75.6 cm³/mol. The first-order valence-corrected chi connectivity index (χ1v) is 6.13. The zero-order chi connectivity index (χ0) is 12.3. The van der Waals surface area contributed by atoms with Crippen molar-refractivity contribution in [1.29, 1.82) is 0 Å². The number of hydrogen-bond acceptors (Lipinski definition) is 2. The molecule has 0 radical (unpaired) electrons. The third-order valence-electron chi connectivity index (χ3n) is 2.45. The number of nitrogens with one attached hydrogen (secondary N) is 2. The van der Waals surface area contributed by atoms with Crippen LogP contribution in [0.2, 0.25) is 0 Å². The smallest absolute Gasteiger partial charge is 0.0400 e. The van der Waals surface area contributed by atoms with Crippen molar-refractivity contribution < 1.29 is 0 Å². The fourth-order valence-electron chi connectivity index (χ4n) is 1.60. The Kier molecular flexibility index (Phi) is 6.64. The molecule has 0 amide bonds. The topological polar surface area (TPSA) is 24.1 Å². The molecule has 0 atom stereocenters. The zero-order valence-corrected chi connectivity index (χ0v) is 10.7. The highest BCUT2D eigenvalue weighted by Crippen LogP contribution is 2.07. The van der Waals surface area contributed by atoms with E-state index >= 15 is 0 Å². The largest absolute Gasteiger partial charge is 0.394 e. The summed E-state index contributed by atoms with van der Waals surface area (Å²) in [5.41, 5.74) is 2.49. The Balaban J connectivity index is 2.49. The highest BCUT2D eigenvalue weighted by molar-refractivity contribution is 5.28. The molecule has 0 saturated heterocycles. The molecule has 0 aliphatic heterocycles. The fraction of sp³-hybridized carbons (Fsp3) is 0.333. The monoisotopic (exact) mass is 230 g/mol. The molecule has 0 aromatic heterocycles. The Morgan fingerprint density at radius 1 is 1.41 bits per heavy atom. The molecule has 1 aliphatic carbocycles. The maximum absolute atomic E-state index is 3.43. The van der Waals surface area contributed by atoms with Crippen molar-refractivity contribution in [2.45, 2.75) is 19.8 Å². The van der Waals surface area contributed by atoms with Crippen LogP contribution in [0, 0.1) is 0 Å². The van der Waals surface area contributed by atoms with Gasteiger partial charge in [0.2, 0.25) is 0 Å². The van der Waals surface area contributed by atoms with Crippen LogP contribution in [0.4, 0.5) is 0 Å². The minimum Gasteiger partial charge on any atom is -0.394 e. The lowest BCUT2D eigenvalue weighted by atomic mass is 10.1. The van der Waals surface area contributed by atoms with Gasteiger partial charge in [0.25, 0.3) is 0 Å². The lowest BCUT2D eigenvalue weighted by Gasteiger charge is -2.10. The average molecular weight is 230 g/mol. The van der Waals surface area contributed by atoms with E-state index in [4.69, 9.17) is 0 Å². The van der Waals surface area contributed by atoms with E-state index in [1.807, 2.05) is 26.2 Å². The fourth-order valence-corrected chi connectivity index (χ4v) is 1.60. The minimum absolute atomic E-state index is 0.856. The summed E-state index contributed by atoms with van der Waals surface area (Å²) in [4.78, 5) is 0. The SMILES string of the molecule is C\C=C/C(=C\C=C\NC)CNC1=CCCC=C1. The van der Waals surface area contributed by atoms with E-state index in [0.717, 1.165) is 19.4 Å². The Bertz CT molecular complexity index is 357. The standard InChI is InChI=1S/C15H22N2/c1-3-8-14(9-7-12-16-2)13-17-15-10-5-4-6-11-15/h3,5,7-12,16-17H,4,6,13H2,1-2H3/b8-3-,12-7+,14-9+. The lowest BCUT2D eigenvalue weighted by Crippen LogP contribution is -2.15. The molecule has 2 N–H and O–H groups in total. The van der Waals surface area contributed by atoms with Gasteiger partial charge < -0.3 is 10.6 Å². The normalized spacial score (nSPS) is 16.6. The van der Waals surface area contributed by atoms with Crippen LogP contribution in [0.15, 0.2) is 60.0 Å². The molecule has 92 valence electrons. The van der Waals surface area contributed by atoms with Crippen LogP contribution in [-0.2, 0) is 0 Å². The van der Waals surface area contributed by atoms with Gasteiger partial charge >= 0.3 is 0 Å². The number of hydrogen-bond donors (Lipinski definition) is 2. The van der Waals surface area contributed by atoms with Crippen molar-refractivity contribution in [1.82, 2.24) is 10.6 Å². The van der Waals surface area contributed by atoms with Crippen LogP contribution >= 0.6 is 0 Å². The first kappa shape index (κ1) is 13.4. The van der Waals surface area contributed by atoms with Crippen LogP contribution in [0.5, 0.6) is 0 Å². The molecule has 17 heavy (non-hydrogen) atoms. The van der Waals surface area contributed by atoms with Crippen molar-refractivity contribution in [3.05, 3.63) is 60.0 Å². The summed E-state index contributed by atoms with van der Waals surface area (Å²) in [5.74, 6) is 0. The Morgan fingerprint density at radius 3 is 2.94 bits per heavy atom. The van der Waals surface area contributed by atoms with Gasteiger partial charge in [-0.3, -0.25) is 0 Å². The quantitative estimate of drug-likeness (QED) is 0.685. The minimum atomic E-state index is 0.856. The van der Waals surface area contributed by atoms with Crippen molar-refractivity contribution in [3.8, 4) is 0 Å². The van der Waals surface area contributed by atoms with E-state index in [0.29, 0.717) is 0 Å². The first-order valence-electron chi connectivity index (χ1n) is 6.13. The molecule has 0 aromatic carbocycles. The molecule has 1 aliphatic rings. The van der Waals surface area contributed by atoms with E-state index < -0.39 is 0 Å². The summed E-state index contributed by atoms with van der Waals surface area (Å²) in [6, 6.07) is 0. The molecule has 0 spiro atoms. The second-order valence-corrected chi connectivity index (χ2v) is 3.88. The zero-order valence-electron chi connectivity index (χ0n) is 10.7. The molecular formula is C15H22N2. The van der Waals surface area contributed by atoms with Crippen molar-refractivity contribution in [3.63, 3.8) is 0 Å². The average Bonchev–Trinajstić information content (AvgIpc) is 2.37. The molecule has 0 aromatic rings. The second kappa shape index (κ2) is 8.45. The van der Waals surface area contributed by atoms with Gasteiger partial charge in [-0.05, 0) is 43.7 Å². The van der Waals surface area contributed by atoms with Gasteiger partial charge in [0.05, 0.1) is 0 Å². The van der Waals surface area contributed by atoms with Crippen LogP contribution in [0.25, 0.3) is 0 Å². The van der Waals surface area contributed by atoms with E-state index in [1.165, 1.54) is 11.3 Å². The van der Waals surface area contributed by atoms with Crippen LogP contribution in [-0.4, -0.2) is 13.6 Å². The van der Waals surface area contributed by atoms with Crippen molar-refractivity contribution >= 4 is 0 Å². The summed E-state index contributed by atoms with van der Waals surface area (Å²) in [7, 11) is 1.90. The third-order valence-corrected chi connectivity index (χ3v) is 2.45. The van der Waals surface area contributed by atoms with E-state index in [-0.39, 0.29) is 0 Å². The predicted octanol–water partition coefficient (Wildman–Crippen LogP) is 3.05. The lowest BCUT2D eigenvalue weighted by molar-refractivity contribution is 0.874. The molecule has 0 heterocycles. The maximum atomic E-state index is 3.43. The van der Waals surface area contributed by atoms with E-state index in [1.54, 1.807) is 0 Å². The van der Waals surface area contributed by atoms with Crippen LogP contribution in [0.3, 0.4) is 0 Å². The van der Waals surface area contributed by atoms with E-state index in [2.05, 4.69) is 47.1 Å². The Morgan fingerprint density at radius 2 is 2.29 bits per heavy atom. The van der Waals surface area contributed by atoms with Crippen LogP contribution in [0.1, 0.15) is 19.8 Å². The highest BCUT2D eigenvalue weighted by atomic mass is 14.9. The van der Waals surface area contributed by atoms with Crippen LogP contribution < -0.4 is 10.6 Å². The van der Waals surface area contributed by atoms with Gasteiger partial charge in [-0.25, -0.2) is 0 Å². The van der Waals surface area contributed by atoms with E-state index in [9.17, 15) is 0 Å². The van der Waals surface area contributed by atoms with Crippen molar-refractivity contribution in [2.24, 2.45) is 0 Å². The van der Waals surface area contributed by atoms with Crippen molar-refractivity contribution in [2.75, 3.05) is 13.6 Å². The van der Waals surface area contributed by atoms with Gasteiger partial charge in [-0.2, -0.15) is 0 Å². The van der Waals surface area contributed by atoms with Gasteiger partial charge in [0, 0.05) is 19.3 Å². The Hall–Kier alpha value is -1.70. The number of rotatable bonds is 6. The summed E-state index contributed by atoms with van der Waals surface area (Å²) in [6.45, 7) is 2.89. The maximum Gasteiger partial charge on any atom is 0.0400 e. The molecule has 0 saturated carbocycles. The molecule has 1 rings (SSSR count). The molecule has 0 fully saturated rings. The van der Waals surface area contributed by atoms with Gasteiger partial charge in [0.15, 0.2) is 0 Å². The third kappa shape index (κ3) is 5.81. The first-order chi connectivity index (χ1) is 8.36. The highest BCUT2D eigenvalue weighted by Gasteiger charge is 1.96. The molecule has 2 nitrogen and oxygen atoms in total. The molecule has 0 unspecified atom stereocenters. The number of allylic oxidation sites excluding steroid dienone is 6. The van der Waals surface area contributed by atoms with Gasteiger partial charge in [0.1, 0.15) is 0 Å². The van der Waals surface area contributed by atoms with Gasteiger partial charge in [-0.1, -0.05) is 30.4 Å². The molecule has 0 bridgehead atoms. The molecule has 2 heteroatoms. The summed E-state index contributed by atoms with van der Waals surface area (Å²) < 4.78 is 0. The van der Waals surface area contributed by atoms with Gasteiger partial charge in [-0.15, -0.1) is 0 Å². The summed E-state index contributed by atoms with van der Waals surface area (Å²) in [6.07, 6.45) is 19.1. The molecular weight excluding hydrogens is 208 g/mol. The Labute approximate surface area is 104 Å². The second-order valence-electron chi connectivity index (χ2n) is 3.88. The summed E-state index contributed by atoms with van der Waals surface area (Å²) >= 11 is 0.